The van der Waals surface area contributed by atoms with E-state index in [1.807, 2.05) is 42.5 Å². The maximum absolute atomic E-state index is 6.20. The van der Waals surface area contributed by atoms with Crippen LogP contribution in [0.15, 0.2) is 66.9 Å². The van der Waals surface area contributed by atoms with Crippen LogP contribution < -0.4 is 11.5 Å². The summed E-state index contributed by atoms with van der Waals surface area (Å²) in [5, 5.41) is 0.802. The molecule has 0 amide bonds. The normalized spacial score (nSPS) is 10.8. The van der Waals surface area contributed by atoms with Gasteiger partial charge in [0, 0.05) is 17.1 Å². The van der Waals surface area contributed by atoms with Crippen molar-refractivity contribution < 1.29 is 0 Å². The first-order valence-corrected chi connectivity index (χ1v) is 7.56. The summed E-state index contributed by atoms with van der Waals surface area (Å²) in [5.41, 5.74) is 16.4. The van der Waals surface area contributed by atoms with Gasteiger partial charge in [0.1, 0.15) is 5.82 Å². The van der Waals surface area contributed by atoms with Crippen LogP contribution in [-0.4, -0.2) is 15.0 Å². The molecule has 0 aliphatic carbocycles. The molecule has 116 valence electrons. The monoisotopic (exact) mass is 313 g/mol. The molecule has 2 aromatic carbocycles. The molecule has 4 aromatic rings. The lowest BCUT2D eigenvalue weighted by Crippen LogP contribution is -2.00. The minimum atomic E-state index is 0.187. The van der Waals surface area contributed by atoms with Gasteiger partial charge in [0.05, 0.1) is 0 Å². The number of nitrogens with zero attached hydrogens (tertiary/aromatic N) is 3. The van der Waals surface area contributed by atoms with Crippen LogP contribution >= 0.6 is 0 Å². The Labute approximate surface area is 139 Å². The number of hydrogen-bond donors (Lipinski definition) is 2. The van der Waals surface area contributed by atoms with E-state index in [1.165, 1.54) is 0 Å². The molecule has 0 aliphatic rings. The zero-order chi connectivity index (χ0) is 16.5. The average molecular weight is 313 g/mol. The highest BCUT2D eigenvalue weighted by Gasteiger charge is 2.12. The number of pyridine rings is 1. The van der Waals surface area contributed by atoms with Crippen molar-refractivity contribution in [2.45, 2.75) is 0 Å². The topological polar surface area (TPSA) is 90.7 Å². The summed E-state index contributed by atoms with van der Waals surface area (Å²) in [7, 11) is 0. The molecule has 0 saturated carbocycles. The standard InChI is InChI=1S/C19H15N5/c20-17-16(10-13-11-22-19(21)24-18(13)23-17)15-9-5-4-8-14(15)12-6-2-1-3-7-12/h1-11H,(H4,20,21,22,23,24). The molecular weight excluding hydrogens is 298 g/mol. The lowest BCUT2D eigenvalue weighted by atomic mass is 9.94. The zero-order valence-electron chi connectivity index (χ0n) is 12.8. The molecule has 0 unspecified atom stereocenters. The Morgan fingerprint density at radius 2 is 1.42 bits per heavy atom. The first-order chi connectivity index (χ1) is 11.7. The van der Waals surface area contributed by atoms with Gasteiger partial charge in [-0.1, -0.05) is 54.6 Å². The summed E-state index contributed by atoms with van der Waals surface area (Å²) < 4.78 is 0. The van der Waals surface area contributed by atoms with Gasteiger partial charge < -0.3 is 11.5 Å². The van der Waals surface area contributed by atoms with Crippen LogP contribution in [0.2, 0.25) is 0 Å². The van der Waals surface area contributed by atoms with E-state index >= 15 is 0 Å². The van der Waals surface area contributed by atoms with Crippen LogP contribution in [0.5, 0.6) is 0 Å². The third kappa shape index (κ3) is 2.42. The van der Waals surface area contributed by atoms with Crippen LogP contribution in [0.3, 0.4) is 0 Å². The molecule has 0 bridgehead atoms. The van der Waals surface area contributed by atoms with Crippen LogP contribution in [0.25, 0.3) is 33.3 Å². The molecule has 5 heteroatoms. The maximum atomic E-state index is 6.20. The van der Waals surface area contributed by atoms with Crippen LogP contribution in [0, 0.1) is 0 Å². The van der Waals surface area contributed by atoms with Crippen LogP contribution in [0.1, 0.15) is 0 Å². The molecule has 0 fully saturated rings. The molecule has 5 nitrogen and oxygen atoms in total. The molecule has 0 saturated heterocycles. The van der Waals surface area contributed by atoms with Gasteiger partial charge >= 0.3 is 0 Å². The third-order valence-corrected chi connectivity index (χ3v) is 3.92. The van der Waals surface area contributed by atoms with Crippen molar-refractivity contribution >= 4 is 22.8 Å². The third-order valence-electron chi connectivity index (χ3n) is 3.92. The lowest BCUT2D eigenvalue weighted by Gasteiger charge is -2.12. The number of rotatable bonds is 2. The van der Waals surface area contributed by atoms with Gasteiger partial charge in [-0.05, 0) is 22.8 Å². The van der Waals surface area contributed by atoms with E-state index in [4.69, 9.17) is 11.5 Å². The highest BCUT2D eigenvalue weighted by atomic mass is 15.0. The van der Waals surface area contributed by atoms with Gasteiger partial charge in [0.25, 0.3) is 0 Å². The zero-order valence-corrected chi connectivity index (χ0v) is 12.8. The molecule has 0 atom stereocenters. The highest BCUT2D eigenvalue weighted by molar-refractivity contribution is 5.92. The fourth-order valence-corrected chi connectivity index (χ4v) is 2.79. The van der Waals surface area contributed by atoms with Crippen molar-refractivity contribution in [1.29, 1.82) is 0 Å². The quantitative estimate of drug-likeness (QED) is 0.591. The second-order valence-electron chi connectivity index (χ2n) is 5.47. The Bertz CT molecular complexity index is 1030. The van der Waals surface area contributed by atoms with E-state index in [0.717, 1.165) is 27.6 Å². The Morgan fingerprint density at radius 1 is 0.708 bits per heavy atom. The number of nitrogens with two attached hydrogens (primary N) is 2. The number of hydrogen-bond acceptors (Lipinski definition) is 5. The van der Waals surface area contributed by atoms with E-state index in [1.54, 1.807) is 6.20 Å². The minimum Gasteiger partial charge on any atom is -0.383 e. The SMILES string of the molecule is Nc1ncc2cc(-c3ccccc3-c3ccccc3)c(N)nc2n1. The van der Waals surface area contributed by atoms with E-state index in [-0.39, 0.29) is 5.95 Å². The van der Waals surface area contributed by atoms with E-state index in [9.17, 15) is 0 Å². The fraction of sp³-hybridized carbons (Fsp3) is 0. The largest absolute Gasteiger partial charge is 0.383 e. The van der Waals surface area contributed by atoms with Crippen molar-refractivity contribution in [3.05, 3.63) is 66.9 Å². The minimum absolute atomic E-state index is 0.187. The average Bonchev–Trinajstić information content (AvgIpc) is 2.62. The first-order valence-electron chi connectivity index (χ1n) is 7.56. The van der Waals surface area contributed by atoms with Gasteiger partial charge in [-0.25, -0.2) is 9.97 Å². The maximum Gasteiger partial charge on any atom is 0.222 e. The molecule has 24 heavy (non-hydrogen) atoms. The summed E-state index contributed by atoms with van der Waals surface area (Å²) in [6.07, 6.45) is 1.67. The van der Waals surface area contributed by atoms with Crippen LogP contribution in [0.4, 0.5) is 11.8 Å². The van der Waals surface area contributed by atoms with Gasteiger partial charge in [0.15, 0.2) is 5.65 Å². The first kappa shape index (κ1) is 14.1. The summed E-state index contributed by atoms with van der Waals surface area (Å²) in [6.45, 7) is 0. The molecule has 0 spiro atoms. The molecule has 2 heterocycles. The number of fused-ring (bicyclic) bond motifs is 1. The summed E-state index contributed by atoms with van der Waals surface area (Å²) >= 11 is 0. The number of aromatic nitrogens is 3. The van der Waals surface area contributed by atoms with E-state index in [0.29, 0.717) is 11.5 Å². The van der Waals surface area contributed by atoms with Crippen molar-refractivity contribution in [3.63, 3.8) is 0 Å². The molecule has 4 N–H and O–H groups in total. The number of nitrogen functional groups attached to an aromatic ring is 2. The van der Waals surface area contributed by atoms with Gasteiger partial charge in [-0.15, -0.1) is 0 Å². The molecule has 0 radical (unpaired) electrons. The number of anilines is 2. The van der Waals surface area contributed by atoms with Crippen molar-refractivity contribution in [2.24, 2.45) is 0 Å². The fourth-order valence-electron chi connectivity index (χ4n) is 2.79. The highest BCUT2D eigenvalue weighted by Crippen LogP contribution is 2.35. The molecule has 2 aromatic heterocycles. The lowest BCUT2D eigenvalue weighted by molar-refractivity contribution is 1.20. The Kier molecular flexibility index (Phi) is 3.31. The summed E-state index contributed by atoms with van der Waals surface area (Å²) in [6, 6.07) is 20.3. The van der Waals surface area contributed by atoms with Gasteiger partial charge in [-0.2, -0.15) is 4.98 Å². The molecule has 0 aliphatic heterocycles. The van der Waals surface area contributed by atoms with Crippen LogP contribution in [-0.2, 0) is 0 Å². The predicted octanol–water partition coefficient (Wildman–Crippen LogP) is 3.52. The predicted molar refractivity (Wildman–Crippen MR) is 97.0 cm³/mol. The van der Waals surface area contributed by atoms with Gasteiger partial charge in [0.2, 0.25) is 5.95 Å². The molecule has 4 rings (SSSR count). The molecular formula is C19H15N5. The smallest absolute Gasteiger partial charge is 0.222 e. The Balaban J connectivity index is 1.96. The second-order valence-corrected chi connectivity index (χ2v) is 5.47. The number of benzene rings is 2. The summed E-state index contributed by atoms with van der Waals surface area (Å²) in [5.74, 6) is 0.607. The summed E-state index contributed by atoms with van der Waals surface area (Å²) in [4.78, 5) is 12.6. The Hall–Kier alpha value is -3.47. The van der Waals surface area contributed by atoms with Crippen molar-refractivity contribution in [1.82, 2.24) is 15.0 Å². The Morgan fingerprint density at radius 3 is 2.21 bits per heavy atom. The second kappa shape index (κ2) is 5.62. The van der Waals surface area contributed by atoms with E-state index < -0.39 is 0 Å². The van der Waals surface area contributed by atoms with Gasteiger partial charge in [-0.3, -0.25) is 0 Å². The van der Waals surface area contributed by atoms with E-state index in [2.05, 4.69) is 33.2 Å². The van der Waals surface area contributed by atoms with Crippen molar-refractivity contribution in [2.75, 3.05) is 11.5 Å². The van der Waals surface area contributed by atoms with Crippen molar-refractivity contribution in [3.8, 4) is 22.3 Å².